The maximum absolute atomic E-state index is 13.3. The lowest BCUT2D eigenvalue weighted by molar-refractivity contribution is 0.0664. The van der Waals surface area contributed by atoms with Crippen LogP contribution in [0.15, 0.2) is 60.8 Å². The second-order valence-corrected chi connectivity index (χ2v) is 8.45. The summed E-state index contributed by atoms with van der Waals surface area (Å²) in [6.45, 7) is 4.23. The number of aromatic nitrogens is 2. The summed E-state index contributed by atoms with van der Waals surface area (Å²) in [5.41, 5.74) is 5.27. The van der Waals surface area contributed by atoms with E-state index >= 15 is 0 Å². The topological polar surface area (TPSA) is 70.6 Å². The molecule has 1 saturated heterocycles. The first kappa shape index (κ1) is 21.3. The molecule has 2 aliphatic heterocycles. The highest BCUT2D eigenvalue weighted by Gasteiger charge is 2.21. The van der Waals surface area contributed by atoms with Crippen molar-refractivity contribution in [1.82, 2.24) is 19.8 Å². The number of carbonyl (C=O) groups is 1. The van der Waals surface area contributed by atoms with Crippen LogP contribution in [0.25, 0.3) is 17.3 Å². The summed E-state index contributed by atoms with van der Waals surface area (Å²) in [4.78, 5) is 26.5. The van der Waals surface area contributed by atoms with Gasteiger partial charge in [0, 0.05) is 49.2 Å². The Balaban J connectivity index is 1.50. The highest BCUT2D eigenvalue weighted by molar-refractivity contribution is 5.96. The van der Waals surface area contributed by atoms with E-state index in [-0.39, 0.29) is 5.91 Å². The normalized spacial score (nSPS) is 17.4. The summed E-state index contributed by atoms with van der Waals surface area (Å²) in [5, 5.41) is 3.30. The van der Waals surface area contributed by atoms with Crippen LogP contribution in [0.2, 0.25) is 0 Å². The number of likely N-dealkylation sites (N-methyl/N-ethyl adjacent to an activating group) is 1. The lowest BCUT2D eigenvalue weighted by Crippen LogP contribution is -2.47. The van der Waals surface area contributed by atoms with Crippen molar-refractivity contribution in [2.45, 2.75) is 6.61 Å². The van der Waals surface area contributed by atoms with Crippen molar-refractivity contribution in [3.05, 3.63) is 77.5 Å². The van der Waals surface area contributed by atoms with Crippen molar-refractivity contribution in [3.63, 3.8) is 0 Å². The van der Waals surface area contributed by atoms with E-state index in [4.69, 9.17) is 9.72 Å². The quantitative estimate of drug-likeness (QED) is 0.619. The average Bonchev–Trinajstić information content (AvgIpc) is 2.84. The monoisotopic (exact) mass is 441 g/mol. The third kappa shape index (κ3) is 5.10. The zero-order valence-electron chi connectivity index (χ0n) is 18.7. The molecule has 2 aliphatic rings. The summed E-state index contributed by atoms with van der Waals surface area (Å²) in [6, 6.07) is 15.9. The van der Waals surface area contributed by atoms with E-state index in [1.54, 1.807) is 6.20 Å². The number of benzene rings is 2. The predicted octanol–water partition coefficient (Wildman–Crippen LogP) is 3.82. The lowest BCUT2D eigenvalue weighted by Gasteiger charge is -2.32. The molecule has 2 aromatic carbocycles. The minimum Gasteiger partial charge on any atom is -0.373 e. The van der Waals surface area contributed by atoms with Gasteiger partial charge in [-0.3, -0.25) is 4.79 Å². The first-order valence-electron chi connectivity index (χ1n) is 11.2. The van der Waals surface area contributed by atoms with Crippen molar-refractivity contribution in [2.75, 3.05) is 45.2 Å². The van der Waals surface area contributed by atoms with Crippen molar-refractivity contribution >= 4 is 23.6 Å². The van der Waals surface area contributed by atoms with Gasteiger partial charge >= 0.3 is 0 Å². The minimum absolute atomic E-state index is 0.0428. The molecule has 7 nitrogen and oxygen atoms in total. The van der Waals surface area contributed by atoms with Gasteiger partial charge in [-0.05, 0) is 48.5 Å². The van der Waals surface area contributed by atoms with Gasteiger partial charge in [0.2, 0.25) is 5.95 Å². The van der Waals surface area contributed by atoms with Crippen LogP contribution in [0.3, 0.4) is 0 Å². The van der Waals surface area contributed by atoms with Crippen molar-refractivity contribution in [3.8, 4) is 11.3 Å². The molecule has 168 valence electrons. The zero-order valence-corrected chi connectivity index (χ0v) is 18.7. The van der Waals surface area contributed by atoms with Gasteiger partial charge in [0.05, 0.1) is 18.9 Å². The molecule has 0 unspecified atom stereocenters. The maximum Gasteiger partial charge on any atom is 0.254 e. The number of nitrogens with one attached hydrogen (secondary N) is 1. The molecule has 1 fully saturated rings. The molecule has 1 N–H and O–H groups in total. The van der Waals surface area contributed by atoms with E-state index in [2.05, 4.69) is 28.3 Å². The Morgan fingerprint density at radius 1 is 1.06 bits per heavy atom. The maximum atomic E-state index is 13.3. The highest BCUT2D eigenvalue weighted by atomic mass is 16.5. The molecule has 1 aromatic heterocycles. The van der Waals surface area contributed by atoms with Crippen LogP contribution in [0.1, 0.15) is 21.5 Å². The van der Waals surface area contributed by atoms with E-state index in [1.807, 2.05) is 59.5 Å². The van der Waals surface area contributed by atoms with Gasteiger partial charge in [0.1, 0.15) is 0 Å². The molecule has 33 heavy (non-hydrogen) atoms. The van der Waals surface area contributed by atoms with E-state index in [9.17, 15) is 4.79 Å². The number of amides is 1. The van der Waals surface area contributed by atoms with Gasteiger partial charge in [-0.2, -0.15) is 0 Å². The second kappa shape index (κ2) is 9.52. The van der Waals surface area contributed by atoms with Crippen molar-refractivity contribution in [1.29, 1.82) is 0 Å². The van der Waals surface area contributed by atoms with Crippen molar-refractivity contribution < 1.29 is 9.53 Å². The number of carbonyl (C=O) groups excluding carboxylic acids is 1. The van der Waals surface area contributed by atoms with E-state index in [0.717, 1.165) is 54.3 Å². The molecular weight excluding hydrogens is 414 g/mol. The fourth-order valence-electron chi connectivity index (χ4n) is 4.09. The molecule has 0 spiro atoms. The van der Waals surface area contributed by atoms with Crippen LogP contribution >= 0.6 is 0 Å². The van der Waals surface area contributed by atoms with Crippen LogP contribution < -0.4 is 5.32 Å². The number of hydrogen-bond donors (Lipinski definition) is 1. The Morgan fingerprint density at radius 3 is 2.82 bits per heavy atom. The number of ether oxygens (including phenoxy) is 1. The second-order valence-electron chi connectivity index (χ2n) is 8.45. The summed E-state index contributed by atoms with van der Waals surface area (Å²) >= 11 is 0. The van der Waals surface area contributed by atoms with Gasteiger partial charge in [0.25, 0.3) is 5.91 Å². The molecule has 6 bridgehead atoms. The number of piperazine rings is 1. The first-order valence-corrected chi connectivity index (χ1v) is 11.2. The molecule has 0 saturated carbocycles. The summed E-state index contributed by atoms with van der Waals surface area (Å²) < 4.78 is 5.84. The van der Waals surface area contributed by atoms with Crippen LogP contribution in [-0.2, 0) is 11.3 Å². The molecule has 0 radical (unpaired) electrons. The van der Waals surface area contributed by atoms with Crippen LogP contribution in [0.4, 0.5) is 11.6 Å². The molecule has 0 atom stereocenters. The molecule has 1 amide bonds. The summed E-state index contributed by atoms with van der Waals surface area (Å²) in [6.07, 6.45) is 5.70. The predicted molar refractivity (Wildman–Crippen MR) is 129 cm³/mol. The first-order chi connectivity index (χ1) is 16.1. The molecular formula is C26H27N5O2. The number of nitrogens with zero attached hydrogens (tertiary/aromatic N) is 4. The summed E-state index contributed by atoms with van der Waals surface area (Å²) in [7, 11) is 2.08. The number of hydrogen-bond acceptors (Lipinski definition) is 6. The fourth-order valence-corrected chi connectivity index (χ4v) is 4.09. The Kier molecular flexibility index (Phi) is 6.15. The van der Waals surface area contributed by atoms with Gasteiger partial charge in [0.15, 0.2) is 0 Å². The molecule has 0 aliphatic carbocycles. The Labute approximate surface area is 193 Å². The van der Waals surface area contributed by atoms with Crippen LogP contribution in [-0.4, -0.2) is 65.5 Å². The summed E-state index contributed by atoms with van der Waals surface area (Å²) in [5.74, 6) is 0.532. The van der Waals surface area contributed by atoms with E-state index in [0.29, 0.717) is 24.7 Å². The van der Waals surface area contributed by atoms with E-state index in [1.165, 1.54) is 0 Å². The van der Waals surface area contributed by atoms with Gasteiger partial charge in [-0.15, -0.1) is 0 Å². The van der Waals surface area contributed by atoms with E-state index < -0.39 is 0 Å². The van der Waals surface area contributed by atoms with Gasteiger partial charge < -0.3 is 19.9 Å². The SMILES string of the molecule is CN1CCN(C(=O)c2cc3cc(c2)Nc2nccc(n2)-c2cccc(c2)COC/C=C/3)CC1. The van der Waals surface area contributed by atoms with Crippen molar-refractivity contribution in [2.24, 2.45) is 0 Å². The third-order valence-corrected chi connectivity index (χ3v) is 5.92. The Morgan fingerprint density at radius 2 is 1.94 bits per heavy atom. The smallest absolute Gasteiger partial charge is 0.254 e. The Bertz CT molecular complexity index is 1180. The average molecular weight is 442 g/mol. The largest absolute Gasteiger partial charge is 0.373 e. The van der Waals surface area contributed by atoms with Gasteiger partial charge in [-0.1, -0.05) is 30.4 Å². The van der Waals surface area contributed by atoms with Crippen LogP contribution in [0.5, 0.6) is 0 Å². The Hall–Kier alpha value is -3.55. The number of anilines is 2. The minimum atomic E-state index is 0.0428. The third-order valence-electron chi connectivity index (χ3n) is 5.92. The number of fused-ring (bicyclic) bond motifs is 7. The highest BCUT2D eigenvalue weighted by Crippen LogP contribution is 2.24. The standard InChI is InChI=1S/C26H27N5O2/c1-30-9-11-31(12-10-30)25(32)22-14-19-5-3-13-33-18-20-4-2-6-21(15-20)24-7-8-27-26(29-24)28-23(16-19)17-22/h2-8,14-17H,9-13,18H2,1H3,(H,27,28,29)/b5-3+. The molecule has 7 heteroatoms. The molecule has 3 heterocycles. The zero-order chi connectivity index (χ0) is 22.6. The molecule has 3 aromatic rings. The lowest BCUT2D eigenvalue weighted by atomic mass is 10.1. The van der Waals surface area contributed by atoms with Crippen LogP contribution in [0, 0.1) is 0 Å². The number of rotatable bonds is 1. The molecule has 5 rings (SSSR count). The van der Waals surface area contributed by atoms with Gasteiger partial charge in [-0.25, -0.2) is 9.97 Å². The fraction of sp³-hybridized carbons (Fsp3) is 0.269.